The summed E-state index contributed by atoms with van der Waals surface area (Å²) in [7, 11) is 0. The van der Waals surface area contributed by atoms with Gasteiger partial charge in [0.1, 0.15) is 0 Å². The number of ketones is 1. The summed E-state index contributed by atoms with van der Waals surface area (Å²) in [6.45, 7) is 1.70. The van der Waals surface area contributed by atoms with Gasteiger partial charge in [0.25, 0.3) is 0 Å². The number of hydrogen-bond donors (Lipinski definition) is 1. The molecule has 0 unspecified atom stereocenters. The molecule has 0 radical (unpaired) electrons. The lowest BCUT2D eigenvalue weighted by Gasteiger charge is -2.09. The van der Waals surface area contributed by atoms with Crippen molar-refractivity contribution < 1.29 is 13.6 Å². The number of thioether (sulfide) groups is 1. The largest absolute Gasteiger partial charge is 0.293 e. The molecular formula is C17H12F2N4OS. The van der Waals surface area contributed by atoms with Gasteiger partial charge in [-0.1, -0.05) is 23.9 Å². The monoisotopic (exact) mass is 358 g/mol. The van der Waals surface area contributed by atoms with E-state index in [9.17, 15) is 13.6 Å². The number of Topliss-reactive ketones (excluding diaryl/α,β-unsaturated/α-hetero) is 1. The molecule has 0 saturated heterocycles. The van der Waals surface area contributed by atoms with Gasteiger partial charge in [0.15, 0.2) is 22.6 Å². The van der Waals surface area contributed by atoms with E-state index in [1.165, 1.54) is 17.8 Å². The number of aromatic nitrogens is 4. The number of carbonyl (C=O) groups excluding carboxylic acids is 1. The van der Waals surface area contributed by atoms with E-state index in [-0.39, 0.29) is 11.3 Å². The van der Waals surface area contributed by atoms with E-state index >= 15 is 0 Å². The predicted molar refractivity (Wildman–Crippen MR) is 90.9 cm³/mol. The van der Waals surface area contributed by atoms with Crippen LogP contribution < -0.4 is 0 Å². The number of aromatic amines is 1. The number of halogens is 2. The molecule has 4 rings (SSSR count). The molecule has 0 aliphatic heterocycles. The minimum absolute atomic E-state index is 0.126. The molecule has 5 nitrogen and oxygen atoms in total. The highest BCUT2D eigenvalue weighted by molar-refractivity contribution is 8.00. The molecule has 1 N–H and O–H groups in total. The first-order chi connectivity index (χ1) is 12.0. The molecule has 2 heterocycles. The van der Waals surface area contributed by atoms with Crippen LogP contribution in [-0.4, -0.2) is 30.6 Å². The summed E-state index contributed by atoms with van der Waals surface area (Å²) in [5.41, 5.74) is 1.82. The number of para-hydroxylation sites is 2. The molecule has 0 aliphatic rings. The highest BCUT2D eigenvalue weighted by Gasteiger charge is 2.21. The van der Waals surface area contributed by atoms with Crippen LogP contribution in [0.15, 0.2) is 47.6 Å². The van der Waals surface area contributed by atoms with Gasteiger partial charge >= 0.3 is 0 Å². The van der Waals surface area contributed by atoms with Crippen molar-refractivity contribution in [2.24, 2.45) is 0 Å². The molecule has 0 fully saturated rings. The van der Waals surface area contributed by atoms with Gasteiger partial charge in [-0.2, -0.15) is 0 Å². The maximum Gasteiger partial charge on any atom is 0.231 e. The van der Waals surface area contributed by atoms with Crippen molar-refractivity contribution in [3.63, 3.8) is 0 Å². The average molecular weight is 358 g/mol. The second-order valence-corrected chi connectivity index (χ2v) is 6.83. The Labute approximate surface area is 145 Å². The molecule has 4 aromatic rings. The van der Waals surface area contributed by atoms with Crippen LogP contribution >= 0.6 is 11.8 Å². The SMILES string of the molecule is C[C@H](Sc1n[nH]c2nc3ccccc3n12)C(=O)c1ccc(F)c(F)c1. The maximum absolute atomic E-state index is 13.4. The lowest BCUT2D eigenvalue weighted by atomic mass is 10.1. The number of carbonyl (C=O) groups is 1. The van der Waals surface area contributed by atoms with Crippen LogP contribution in [0.4, 0.5) is 8.78 Å². The van der Waals surface area contributed by atoms with Crippen LogP contribution in [0, 0.1) is 11.6 Å². The van der Waals surface area contributed by atoms with Crippen molar-refractivity contribution in [1.29, 1.82) is 0 Å². The van der Waals surface area contributed by atoms with E-state index in [0.717, 1.165) is 23.2 Å². The fourth-order valence-electron chi connectivity index (χ4n) is 2.62. The lowest BCUT2D eigenvalue weighted by Crippen LogP contribution is -2.14. The number of H-pyrrole nitrogens is 1. The van der Waals surface area contributed by atoms with E-state index in [0.29, 0.717) is 10.9 Å². The molecule has 0 saturated carbocycles. The maximum atomic E-state index is 13.4. The highest BCUT2D eigenvalue weighted by Crippen LogP contribution is 2.27. The average Bonchev–Trinajstić information content (AvgIpc) is 3.16. The molecule has 8 heteroatoms. The Bertz CT molecular complexity index is 1100. The summed E-state index contributed by atoms with van der Waals surface area (Å²) in [5.74, 6) is -1.73. The molecule has 126 valence electrons. The zero-order valence-electron chi connectivity index (χ0n) is 13.0. The first-order valence-corrected chi connectivity index (χ1v) is 8.40. The lowest BCUT2D eigenvalue weighted by molar-refractivity contribution is 0.0993. The van der Waals surface area contributed by atoms with Crippen molar-refractivity contribution in [2.75, 3.05) is 0 Å². The van der Waals surface area contributed by atoms with Crippen molar-refractivity contribution in [1.82, 2.24) is 19.6 Å². The van der Waals surface area contributed by atoms with Crippen molar-refractivity contribution in [3.8, 4) is 0 Å². The molecule has 25 heavy (non-hydrogen) atoms. The summed E-state index contributed by atoms with van der Waals surface area (Å²) >= 11 is 1.23. The van der Waals surface area contributed by atoms with Gasteiger partial charge in [-0.05, 0) is 37.3 Å². The first kappa shape index (κ1) is 15.8. The summed E-state index contributed by atoms with van der Waals surface area (Å²) in [6, 6.07) is 10.7. The number of rotatable bonds is 4. The summed E-state index contributed by atoms with van der Waals surface area (Å²) in [5, 5.41) is 7.09. The highest BCUT2D eigenvalue weighted by atomic mass is 32.2. The van der Waals surface area contributed by atoms with Gasteiger partial charge in [0, 0.05) is 5.56 Å². The molecule has 1 atom stereocenters. The zero-order chi connectivity index (χ0) is 17.6. The number of fused-ring (bicyclic) bond motifs is 3. The van der Waals surface area contributed by atoms with Gasteiger partial charge < -0.3 is 0 Å². The molecule has 0 bridgehead atoms. The van der Waals surface area contributed by atoms with Gasteiger partial charge in [-0.15, -0.1) is 5.10 Å². The number of benzene rings is 2. The second-order valence-electron chi connectivity index (χ2n) is 5.52. The number of hydrogen-bond acceptors (Lipinski definition) is 4. The predicted octanol–water partition coefficient (Wildman–Crippen LogP) is 3.85. The number of imidazole rings is 1. The summed E-state index contributed by atoms with van der Waals surface area (Å²) < 4.78 is 28.2. The second kappa shape index (κ2) is 5.96. The third kappa shape index (κ3) is 2.68. The Morgan fingerprint density at radius 3 is 2.80 bits per heavy atom. The van der Waals surface area contributed by atoms with Gasteiger partial charge in [-0.25, -0.2) is 18.9 Å². The van der Waals surface area contributed by atoms with Crippen molar-refractivity contribution >= 4 is 34.4 Å². The van der Waals surface area contributed by atoms with Crippen LogP contribution in [0.1, 0.15) is 17.3 Å². The standard InChI is InChI=1S/C17H12F2N4OS/c1-9(15(24)10-6-7-11(18)12(19)8-10)25-17-22-21-16-20-13-4-2-3-5-14(13)23(16)17/h2-9H,1H3,(H,20,21)/t9-/m0/s1. The molecular weight excluding hydrogens is 346 g/mol. The van der Waals surface area contributed by atoms with E-state index in [2.05, 4.69) is 15.2 Å². The molecule has 2 aromatic heterocycles. The summed E-state index contributed by atoms with van der Waals surface area (Å²) in [4.78, 5) is 16.9. The minimum Gasteiger partial charge on any atom is -0.293 e. The Balaban J connectivity index is 1.66. The molecule has 0 spiro atoms. The number of nitrogens with zero attached hydrogens (tertiary/aromatic N) is 3. The Kier molecular flexibility index (Phi) is 3.76. The Morgan fingerprint density at radius 2 is 2.00 bits per heavy atom. The van der Waals surface area contributed by atoms with Crippen molar-refractivity contribution in [2.45, 2.75) is 17.3 Å². The molecule has 2 aromatic carbocycles. The topological polar surface area (TPSA) is 63.1 Å². The van der Waals surface area contributed by atoms with Crippen LogP contribution in [0.25, 0.3) is 16.8 Å². The molecule has 0 amide bonds. The normalized spacial score (nSPS) is 12.8. The third-order valence-corrected chi connectivity index (χ3v) is 4.91. The van der Waals surface area contributed by atoms with Crippen LogP contribution in [0.5, 0.6) is 0 Å². The molecule has 0 aliphatic carbocycles. The minimum atomic E-state index is -1.04. The zero-order valence-corrected chi connectivity index (χ0v) is 13.8. The van der Waals surface area contributed by atoms with E-state index in [1.54, 1.807) is 6.92 Å². The van der Waals surface area contributed by atoms with E-state index < -0.39 is 16.9 Å². The Hall–Kier alpha value is -2.74. The number of nitrogens with one attached hydrogen (secondary N) is 1. The fourth-order valence-corrected chi connectivity index (χ4v) is 3.57. The third-order valence-electron chi connectivity index (χ3n) is 3.86. The fraction of sp³-hybridized carbons (Fsp3) is 0.118. The smallest absolute Gasteiger partial charge is 0.231 e. The van der Waals surface area contributed by atoms with Gasteiger partial charge in [0.05, 0.1) is 16.3 Å². The van der Waals surface area contributed by atoms with Crippen molar-refractivity contribution in [3.05, 3.63) is 59.7 Å². The Morgan fingerprint density at radius 1 is 1.20 bits per heavy atom. The van der Waals surface area contributed by atoms with Gasteiger partial charge in [0.2, 0.25) is 5.78 Å². The first-order valence-electron chi connectivity index (χ1n) is 7.52. The van der Waals surface area contributed by atoms with E-state index in [4.69, 9.17) is 0 Å². The van der Waals surface area contributed by atoms with Crippen LogP contribution in [-0.2, 0) is 0 Å². The van der Waals surface area contributed by atoms with E-state index in [1.807, 2.05) is 28.7 Å². The van der Waals surface area contributed by atoms with Crippen LogP contribution in [0.3, 0.4) is 0 Å². The van der Waals surface area contributed by atoms with Gasteiger partial charge in [-0.3, -0.25) is 9.20 Å². The quantitative estimate of drug-likeness (QED) is 0.445. The summed E-state index contributed by atoms with van der Waals surface area (Å²) in [6.07, 6.45) is 0. The van der Waals surface area contributed by atoms with Crippen LogP contribution in [0.2, 0.25) is 0 Å².